The van der Waals surface area contributed by atoms with Crippen molar-refractivity contribution in [2.75, 3.05) is 5.32 Å². The van der Waals surface area contributed by atoms with Gasteiger partial charge in [0.25, 0.3) is 0 Å². The van der Waals surface area contributed by atoms with Crippen LogP contribution in [0.2, 0.25) is 0 Å². The van der Waals surface area contributed by atoms with E-state index in [0.717, 1.165) is 22.0 Å². The van der Waals surface area contributed by atoms with Gasteiger partial charge in [-0.2, -0.15) is 0 Å². The highest BCUT2D eigenvalue weighted by molar-refractivity contribution is 6.00. The number of anilines is 1. The fourth-order valence-corrected chi connectivity index (χ4v) is 2.12. The quantitative estimate of drug-likeness (QED) is 0.313. The number of benzene rings is 2. The lowest BCUT2D eigenvalue weighted by Gasteiger charge is -2.23. The van der Waals surface area contributed by atoms with E-state index >= 15 is 0 Å². The van der Waals surface area contributed by atoms with Crippen LogP contribution in [0.4, 0.5) is 5.69 Å². The molecule has 1 aliphatic heterocycles. The molecule has 2 aromatic rings. The van der Waals surface area contributed by atoms with Crippen LogP contribution in [-0.4, -0.2) is 5.11 Å². The molecule has 1 atom stereocenters. The van der Waals surface area contributed by atoms with Gasteiger partial charge >= 0.3 is 0 Å². The molecule has 76 valence electrons. The second kappa shape index (κ2) is 2.70. The summed E-state index contributed by atoms with van der Waals surface area (Å²) in [6.45, 7) is 0. The molecule has 5 N–H and O–H groups in total. The highest BCUT2D eigenvalue weighted by atomic mass is 16.3. The first-order valence-electron chi connectivity index (χ1n) is 4.75. The largest absolute Gasteiger partial charge is 0.354 e. The van der Waals surface area contributed by atoms with E-state index in [4.69, 9.17) is 5.84 Å². The summed E-state index contributed by atoms with van der Waals surface area (Å²) in [6.07, 6.45) is 0. The van der Waals surface area contributed by atoms with Crippen molar-refractivity contribution in [1.29, 1.82) is 0 Å². The Labute approximate surface area is 86.7 Å². The van der Waals surface area contributed by atoms with Crippen LogP contribution in [0.25, 0.3) is 10.8 Å². The number of hydrogen-bond donors (Lipinski definition) is 4. The minimum absolute atomic E-state index is 0.762. The van der Waals surface area contributed by atoms with Gasteiger partial charge in [-0.1, -0.05) is 30.3 Å². The summed E-state index contributed by atoms with van der Waals surface area (Å²) >= 11 is 0. The molecule has 3 rings (SSSR count). The Morgan fingerprint density at radius 2 is 1.93 bits per heavy atom. The van der Waals surface area contributed by atoms with Crippen molar-refractivity contribution < 1.29 is 5.11 Å². The molecule has 1 unspecified atom stereocenters. The van der Waals surface area contributed by atoms with Crippen LogP contribution < -0.4 is 16.6 Å². The molecule has 2 aromatic carbocycles. The highest BCUT2D eigenvalue weighted by Gasteiger charge is 2.35. The third-order valence-electron chi connectivity index (χ3n) is 2.82. The molecule has 0 radical (unpaired) electrons. The smallest absolute Gasteiger partial charge is 0.233 e. The minimum atomic E-state index is -1.36. The number of nitrogens with two attached hydrogens (primary N) is 1. The number of nitrogens with one attached hydrogen (secondary N) is 2. The van der Waals surface area contributed by atoms with E-state index in [0.29, 0.717) is 0 Å². The lowest BCUT2D eigenvalue weighted by atomic mass is 10.0. The molecule has 0 aromatic heterocycles. The Morgan fingerprint density at radius 3 is 2.67 bits per heavy atom. The second-order valence-corrected chi connectivity index (χ2v) is 3.69. The van der Waals surface area contributed by atoms with Crippen molar-refractivity contribution in [2.45, 2.75) is 5.85 Å². The molecule has 0 amide bonds. The predicted molar refractivity (Wildman–Crippen MR) is 58.8 cm³/mol. The average molecular weight is 201 g/mol. The molecule has 1 aliphatic rings. The Kier molecular flexibility index (Phi) is 1.56. The van der Waals surface area contributed by atoms with E-state index in [2.05, 4.69) is 10.7 Å². The predicted octanol–water partition coefficient (Wildman–Crippen LogP) is 0.831. The third-order valence-corrected chi connectivity index (χ3v) is 2.82. The fraction of sp³-hybridized carbons (Fsp3) is 0.0909. The molecule has 15 heavy (non-hydrogen) atoms. The zero-order valence-corrected chi connectivity index (χ0v) is 7.99. The zero-order valence-electron chi connectivity index (χ0n) is 7.99. The second-order valence-electron chi connectivity index (χ2n) is 3.69. The van der Waals surface area contributed by atoms with Gasteiger partial charge in [-0.15, -0.1) is 0 Å². The van der Waals surface area contributed by atoms with Gasteiger partial charge in [-0.05, 0) is 11.5 Å². The van der Waals surface area contributed by atoms with E-state index in [1.54, 1.807) is 0 Å². The van der Waals surface area contributed by atoms with E-state index in [9.17, 15) is 5.11 Å². The maximum absolute atomic E-state index is 10.2. The molecule has 0 aliphatic carbocycles. The maximum Gasteiger partial charge on any atom is 0.233 e. The number of hydrazine groups is 1. The van der Waals surface area contributed by atoms with Crippen LogP contribution in [0.5, 0.6) is 0 Å². The van der Waals surface area contributed by atoms with E-state index in [1.807, 2.05) is 36.4 Å². The molecular weight excluding hydrogens is 190 g/mol. The summed E-state index contributed by atoms with van der Waals surface area (Å²) in [7, 11) is 0. The summed E-state index contributed by atoms with van der Waals surface area (Å²) in [4.78, 5) is 0. The van der Waals surface area contributed by atoms with E-state index < -0.39 is 5.85 Å². The highest BCUT2D eigenvalue weighted by Crippen LogP contribution is 2.39. The first-order chi connectivity index (χ1) is 7.24. The topological polar surface area (TPSA) is 70.3 Å². The van der Waals surface area contributed by atoms with Crippen molar-refractivity contribution in [2.24, 2.45) is 5.84 Å². The molecule has 0 saturated heterocycles. The lowest BCUT2D eigenvalue weighted by molar-refractivity contribution is 0.0350. The number of rotatable bonds is 1. The monoisotopic (exact) mass is 201 g/mol. The zero-order chi connectivity index (χ0) is 10.5. The summed E-state index contributed by atoms with van der Waals surface area (Å²) in [5.41, 5.74) is 4.05. The molecular formula is C11H11N3O. The summed E-state index contributed by atoms with van der Waals surface area (Å²) in [5, 5.41) is 15.2. The van der Waals surface area contributed by atoms with Gasteiger partial charge in [0.05, 0.1) is 0 Å². The standard InChI is InChI=1S/C11H11N3O/c12-14-11(15)8-5-1-3-7-4-2-6-9(13-11)10(7)8/h1-6,13-15H,12H2. The van der Waals surface area contributed by atoms with Crippen LogP contribution in [0.15, 0.2) is 36.4 Å². The van der Waals surface area contributed by atoms with Crippen LogP contribution >= 0.6 is 0 Å². The SMILES string of the molecule is NNC1(O)Nc2cccc3cccc1c23. The van der Waals surface area contributed by atoms with Crippen LogP contribution in [-0.2, 0) is 5.85 Å². The molecule has 0 spiro atoms. The van der Waals surface area contributed by atoms with Crippen LogP contribution in [0, 0.1) is 0 Å². The summed E-state index contributed by atoms with van der Waals surface area (Å²) in [5.74, 6) is 4.00. The van der Waals surface area contributed by atoms with Crippen molar-refractivity contribution in [1.82, 2.24) is 5.43 Å². The van der Waals surface area contributed by atoms with Gasteiger partial charge in [0.15, 0.2) is 0 Å². The molecule has 0 fully saturated rings. The van der Waals surface area contributed by atoms with Crippen molar-refractivity contribution in [3.8, 4) is 0 Å². The van der Waals surface area contributed by atoms with E-state index in [1.165, 1.54) is 0 Å². The minimum Gasteiger partial charge on any atom is -0.354 e. The van der Waals surface area contributed by atoms with Gasteiger partial charge in [0.1, 0.15) is 0 Å². The van der Waals surface area contributed by atoms with Crippen molar-refractivity contribution >= 4 is 16.5 Å². The maximum atomic E-state index is 10.2. The molecule has 0 bridgehead atoms. The Hall–Kier alpha value is -1.62. The van der Waals surface area contributed by atoms with E-state index in [-0.39, 0.29) is 0 Å². The summed E-state index contributed by atoms with van der Waals surface area (Å²) < 4.78 is 0. The molecule has 4 nitrogen and oxygen atoms in total. The van der Waals surface area contributed by atoms with Gasteiger partial charge in [0, 0.05) is 16.6 Å². The van der Waals surface area contributed by atoms with Gasteiger partial charge in [0.2, 0.25) is 5.85 Å². The number of hydrogen-bond acceptors (Lipinski definition) is 4. The summed E-state index contributed by atoms with van der Waals surface area (Å²) in [6, 6.07) is 11.6. The van der Waals surface area contributed by atoms with Gasteiger partial charge in [-0.25, -0.2) is 5.43 Å². The number of aliphatic hydroxyl groups is 1. The van der Waals surface area contributed by atoms with Crippen molar-refractivity contribution in [3.63, 3.8) is 0 Å². The first-order valence-corrected chi connectivity index (χ1v) is 4.75. The third kappa shape index (κ3) is 1.01. The molecule has 4 heteroatoms. The van der Waals surface area contributed by atoms with Gasteiger partial charge < -0.3 is 10.4 Å². The fourth-order valence-electron chi connectivity index (χ4n) is 2.12. The normalized spacial score (nSPS) is 23.1. The first kappa shape index (κ1) is 8.67. The molecule has 1 heterocycles. The Bertz CT molecular complexity index is 535. The molecule has 0 saturated carbocycles. The Balaban J connectivity index is 2.41. The average Bonchev–Trinajstić information content (AvgIpc) is 2.56. The van der Waals surface area contributed by atoms with Gasteiger partial charge in [-0.3, -0.25) is 5.84 Å². The Morgan fingerprint density at radius 1 is 1.20 bits per heavy atom. The van der Waals surface area contributed by atoms with Crippen LogP contribution in [0.1, 0.15) is 5.56 Å². The van der Waals surface area contributed by atoms with Crippen molar-refractivity contribution in [3.05, 3.63) is 42.0 Å². The van der Waals surface area contributed by atoms with Crippen LogP contribution in [0.3, 0.4) is 0 Å². The lowest BCUT2D eigenvalue weighted by Crippen LogP contribution is -2.50.